The van der Waals surface area contributed by atoms with Gasteiger partial charge < -0.3 is 14.9 Å². The standard InChI is InChI=1S/C22H12N4O4S4/c1-4-30-19-11(20(29)26(25-19)10-8-6-5-7-9-10)21-31-14-12(27)16-17(13(28)15(14)32-21)34-22(33-16)18(23-2)24-3/h5-9,27-28H,4H2,1H3. The summed E-state index contributed by atoms with van der Waals surface area (Å²) in [4.78, 5) is 21.4. The number of fused-ring (bicyclic) bond motifs is 2. The van der Waals surface area contributed by atoms with E-state index in [1.54, 1.807) is 19.1 Å². The molecule has 2 aromatic carbocycles. The number of ether oxygens (including phenoxy) is 1. The van der Waals surface area contributed by atoms with Crippen molar-refractivity contribution in [1.29, 1.82) is 0 Å². The summed E-state index contributed by atoms with van der Waals surface area (Å²) in [6.07, 6.45) is 0. The minimum atomic E-state index is -0.364. The molecule has 0 aromatic heterocycles. The second-order valence-electron chi connectivity index (χ2n) is 6.71. The first-order valence-electron chi connectivity index (χ1n) is 9.66. The Labute approximate surface area is 211 Å². The summed E-state index contributed by atoms with van der Waals surface area (Å²) in [5.74, 6) is -0.408. The molecule has 0 fully saturated rings. The number of phenols is 2. The van der Waals surface area contributed by atoms with Crippen molar-refractivity contribution in [2.24, 2.45) is 5.10 Å². The van der Waals surface area contributed by atoms with E-state index >= 15 is 0 Å². The van der Waals surface area contributed by atoms with Gasteiger partial charge in [-0.3, -0.25) is 4.79 Å². The van der Waals surface area contributed by atoms with Gasteiger partial charge in [0.2, 0.25) is 5.90 Å². The molecule has 12 heteroatoms. The molecule has 34 heavy (non-hydrogen) atoms. The maximum atomic E-state index is 13.3. The Morgan fingerprint density at radius 2 is 1.56 bits per heavy atom. The molecule has 0 radical (unpaired) electrons. The number of aromatic hydroxyl groups is 2. The first kappa shape index (κ1) is 22.6. The molecule has 0 saturated heterocycles. The van der Waals surface area contributed by atoms with Crippen LogP contribution >= 0.6 is 47.0 Å². The lowest BCUT2D eigenvalue weighted by atomic mass is 10.2. The Morgan fingerprint density at radius 3 is 2.09 bits per heavy atom. The van der Waals surface area contributed by atoms with Crippen molar-refractivity contribution in [2.75, 3.05) is 11.6 Å². The molecule has 0 atom stereocenters. The van der Waals surface area contributed by atoms with Gasteiger partial charge in [0, 0.05) is 0 Å². The summed E-state index contributed by atoms with van der Waals surface area (Å²) >= 11 is 4.48. The molecule has 3 heterocycles. The van der Waals surface area contributed by atoms with Crippen LogP contribution in [0.15, 0.2) is 74.9 Å². The molecule has 3 aliphatic heterocycles. The van der Waals surface area contributed by atoms with E-state index in [0.29, 0.717) is 40.4 Å². The predicted molar refractivity (Wildman–Crippen MR) is 133 cm³/mol. The number of amides is 1. The Bertz CT molecular complexity index is 1380. The molecule has 0 unspecified atom stereocenters. The van der Waals surface area contributed by atoms with Gasteiger partial charge in [0.05, 0.1) is 36.1 Å². The van der Waals surface area contributed by atoms with Crippen LogP contribution in [0, 0.1) is 13.1 Å². The number of benzene rings is 2. The number of hydrogen-bond acceptors (Lipinski definition) is 9. The van der Waals surface area contributed by atoms with Crippen LogP contribution in [-0.4, -0.2) is 28.6 Å². The molecule has 8 nitrogen and oxygen atoms in total. The van der Waals surface area contributed by atoms with Crippen molar-refractivity contribution >= 4 is 64.5 Å². The fraction of sp³-hybridized carbons (Fsp3) is 0.0909. The van der Waals surface area contributed by atoms with Gasteiger partial charge in [0.15, 0.2) is 0 Å². The summed E-state index contributed by atoms with van der Waals surface area (Å²) < 4.78 is 6.61. The molecule has 168 valence electrons. The first-order valence-corrected chi connectivity index (χ1v) is 12.9. The van der Waals surface area contributed by atoms with Gasteiger partial charge in [-0.15, -0.1) is 5.10 Å². The van der Waals surface area contributed by atoms with E-state index in [-0.39, 0.29) is 34.7 Å². The highest BCUT2D eigenvalue weighted by Crippen LogP contribution is 2.68. The van der Waals surface area contributed by atoms with Crippen LogP contribution in [0.2, 0.25) is 0 Å². The van der Waals surface area contributed by atoms with E-state index in [9.17, 15) is 15.0 Å². The molecule has 1 amide bonds. The lowest BCUT2D eigenvalue weighted by molar-refractivity contribution is -0.114. The first-order chi connectivity index (χ1) is 16.5. The van der Waals surface area contributed by atoms with E-state index < -0.39 is 0 Å². The van der Waals surface area contributed by atoms with Crippen LogP contribution in [0.4, 0.5) is 5.69 Å². The van der Waals surface area contributed by atoms with Gasteiger partial charge in [0.25, 0.3) is 5.91 Å². The number of carbonyl (C=O) groups is 1. The number of hydrogen-bond donors (Lipinski definition) is 2. The van der Waals surface area contributed by atoms with E-state index in [1.807, 2.05) is 18.2 Å². The third-order valence-electron chi connectivity index (χ3n) is 4.74. The zero-order chi connectivity index (χ0) is 24.0. The second kappa shape index (κ2) is 8.89. The molecule has 2 N–H and O–H groups in total. The summed E-state index contributed by atoms with van der Waals surface area (Å²) in [5.41, 5.74) is 0.859. The van der Waals surface area contributed by atoms with Crippen molar-refractivity contribution in [3.05, 3.63) is 73.0 Å². The molecule has 0 bridgehead atoms. The van der Waals surface area contributed by atoms with Crippen molar-refractivity contribution in [3.63, 3.8) is 0 Å². The molecule has 5 rings (SSSR count). The summed E-state index contributed by atoms with van der Waals surface area (Å²) in [7, 11) is 0. The van der Waals surface area contributed by atoms with Crippen molar-refractivity contribution in [1.82, 2.24) is 0 Å². The fourth-order valence-corrected chi connectivity index (χ4v) is 8.45. The number of anilines is 1. The quantitative estimate of drug-likeness (QED) is 0.278. The zero-order valence-corrected chi connectivity index (χ0v) is 20.5. The average Bonchev–Trinajstić information content (AvgIpc) is 3.55. The predicted octanol–water partition coefficient (Wildman–Crippen LogP) is 6.07. The zero-order valence-electron chi connectivity index (χ0n) is 17.2. The fourth-order valence-electron chi connectivity index (χ4n) is 3.28. The van der Waals surface area contributed by atoms with Crippen molar-refractivity contribution in [3.8, 4) is 11.5 Å². The number of phenolic OH excluding ortho intramolecular Hbond substituents is 2. The maximum Gasteiger partial charge on any atom is 0.540 e. The third-order valence-corrected chi connectivity index (χ3v) is 9.92. The smallest absolute Gasteiger partial charge is 0.505 e. The van der Waals surface area contributed by atoms with Gasteiger partial charge >= 0.3 is 5.82 Å². The Kier molecular flexibility index (Phi) is 5.91. The SMILES string of the molecule is [C-]#[N+]C([N+]#[C-])=C1Sc2c(O)c3c(c(O)c2S1)SC(=C1C(=O)N(c2ccccc2)N=C1OCC)S3. The second-order valence-corrected chi connectivity index (χ2v) is 11.3. The number of hydrazone groups is 1. The van der Waals surface area contributed by atoms with Crippen LogP contribution in [-0.2, 0) is 9.53 Å². The van der Waals surface area contributed by atoms with Crippen LogP contribution in [0.3, 0.4) is 0 Å². The van der Waals surface area contributed by atoms with Crippen molar-refractivity contribution < 1.29 is 19.7 Å². The van der Waals surface area contributed by atoms with E-state index in [4.69, 9.17) is 17.9 Å². The average molecular weight is 525 g/mol. The van der Waals surface area contributed by atoms with E-state index in [0.717, 1.165) is 47.0 Å². The molecule has 0 aliphatic carbocycles. The summed E-state index contributed by atoms with van der Waals surface area (Å²) in [6, 6.07) is 8.99. The van der Waals surface area contributed by atoms with Gasteiger partial charge in [-0.2, -0.15) is 14.7 Å². The van der Waals surface area contributed by atoms with Crippen molar-refractivity contribution in [2.45, 2.75) is 26.5 Å². The lowest BCUT2D eigenvalue weighted by Gasteiger charge is -2.10. The van der Waals surface area contributed by atoms with Gasteiger partial charge in [-0.25, -0.2) is 0 Å². The Morgan fingerprint density at radius 1 is 1.00 bits per heavy atom. The Balaban J connectivity index is 1.56. The van der Waals surface area contributed by atoms with Crippen LogP contribution in [0.5, 0.6) is 11.5 Å². The highest BCUT2D eigenvalue weighted by molar-refractivity contribution is 8.26. The summed E-state index contributed by atoms with van der Waals surface area (Å²) in [5, 5.41) is 27.6. The Hall–Kier alpha value is -3.16. The highest BCUT2D eigenvalue weighted by Gasteiger charge is 2.42. The van der Waals surface area contributed by atoms with Crippen LogP contribution < -0.4 is 5.01 Å². The molecule has 0 spiro atoms. The number of carbonyl (C=O) groups excluding carboxylic acids is 1. The molecular weight excluding hydrogens is 513 g/mol. The minimum absolute atomic E-state index is 0.0574. The maximum absolute atomic E-state index is 13.3. The van der Waals surface area contributed by atoms with Gasteiger partial charge in [-0.05, 0) is 19.1 Å². The molecule has 2 aromatic rings. The third kappa shape index (κ3) is 3.51. The number of para-hydroxylation sites is 1. The van der Waals surface area contributed by atoms with Gasteiger partial charge in [-0.1, -0.05) is 65.2 Å². The van der Waals surface area contributed by atoms with Crippen LogP contribution in [0.1, 0.15) is 6.92 Å². The number of rotatable bonds is 2. The number of nitrogens with zero attached hydrogens (tertiary/aromatic N) is 4. The highest BCUT2D eigenvalue weighted by atomic mass is 32.2. The molecular formula is C22H12N4O4S4. The van der Waals surface area contributed by atoms with E-state index in [1.165, 1.54) is 5.01 Å². The normalized spacial score (nSPS) is 16.2. The lowest BCUT2D eigenvalue weighted by Crippen LogP contribution is -2.22. The van der Waals surface area contributed by atoms with E-state index in [2.05, 4.69) is 14.8 Å². The molecule has 3 aliphatic rings. The number of thioether (sulfide) groups is 4. The minimum Gasteiger partial charge on any atom is -0.505 e. The monoisotopic (exact) mass is 524 g/mol. The largest absolute Gasteiger partial charge is 0.540 e. The molecule has 0 saturated carbocycles. The van der Waals surface area contributed by atoms with Crippen LogP contribution in [0.25, 0.3) is 9.69 Å². The summed E-state index contributed by atoms with van der Waals surface area (Å²) in [6.45, 7) is 16.5. The van der Waals surface area contributed by atoms with Gasteiger partial charge in [0.1, 0.15) is 34.5 Å². The topological polar surface area (TPSA) is 91.1 Å².